The molecule has 0 amide bonds. The van der Waals surface area contributed by atoms with Gasteiger partial charge in [0, 0.05) is 5.92 Å². The second-order valence-corrected chi connectivity index (χ2v) is 8.71. The summed E-state index contributed by atoms with van der Waals surface area (Å²) in [5, 5.41) is 21.0. The first-order valence-corrected chi connectivity index (χ1v) is 10.9. The molecule has 30 heavy (non-hydrogen) atoms. The van der Waals surface area contributed by atoms with Crippen molar-refractivity contribution >= 4 is 0 Å². The van der Waals surface area contributed by atoms with E-state index in [1.807, 2.05) is 31.2 Å². The second-order valence-electron chi connectivity index (χ2n) is 8.71. The van der Waals surface area contributed by atoms with Crippen molar-refractivity contribution in [1.29, 1.82) is 0 Å². The molecule has 0 bridgehead atoms. The van der Waals surface area contributed by atoms with Crippen LogP contribution in [0.5, 0.6) is 5.75 Å². The van der Waals surface area contributed by atoms with Gasteiger partial charge in [-0.1, -0.05) is 52.3 Å². The van der Waals surface area contributed by atoms with Crippen molar-refractivity contribution in [1.82, 2.24) is 0 Å². The summed E-state index contributed by atoms with van der Waals surface area (Å²) in [4.78, 5) is 0. The van der Waals surface area contributed by atoms with Crippen LogP contribution in [0.15, 0.2) is 42.5 Å². The summed E-state index contributed by atoms with van der Waals surface area (Å²) in [6.07, 6.45) is -0.622. The van der Waals surface area contributed by atoms with Gasteiger partial charge in [-0.05, 0) is 59.7 Å². The van der Waals surface area contributed by atoms with Gasteiger partial charge in [-0.15, -0.1) is 0 Å². The Labute approximate surface area is 178 Å². The Morgan fingerprint density at radius 1 is 1.10 bits per heavy atom. The number of halogens is 1. The molecule has 0 spiro atoms. The van der Waals surface area contributed by atoms with Gasteiger partial charge in [-0.3, -0.25) is 0 Å². The summed E-state index contributed by atoms with van der Waals surface area (Å²) in [6.45, 7) is 8.18. The highest BCUT2D eigenvalue weighted by atomic mass is 19.1. The van der Waals surface area contributed by atoms with Crippen molar-refractivity contribution in [3.8, 4) is 16.9 Å². The fraction of sp³-hybridized carbons (Fsp3) is 0.520. The SMILES string of the molecule is CCCc1ccc(O[C@@H]2O[C@H](CC(C)C)[C@H](C)[C@@H](O)[C@H]2O)cc1-c1cccc(F)c1. The van der Waals surface area contributed by atoms with E-state index in [9.17, 15) is 14.6 Å². The highest BCUT2D eigenvalue weighted by molar-refractivity contribution is 5.69. The maximum atomic E-state index is 13.8. The molecular weight excluding hydrogens is 383 g/mol. The summed E-state index contributed by atoms with van der Waals surface area (Å²) in [5.41, 5.74) is 2.78. The monoisotopic (exact) mass is 416 g/mol. The maximum absolute atomic E-state index is 13.8. The van der Waals surface area contributed by atoms with Gasteiger partial charge in [-0.25, -0.2) is 4.39 Å². The van der Waals surface area contributed by atoms with Crippen LogP contribution in [0.3, 0.4) is 0 Å². The average molecular weight is 417 g/mol. The van der Waals surface area contributed by atoms with Gasteiger partial charge in [0.15, 0.2) is 0 Å². The van der Waals surface area contributed by atoms with Crippen LogP contribution in [0.1, 0.15) is 46.1 Å². The molecular formula is C25H33FO4. The molecule has 164 valence electrons. The zero-order valence-corrected chi connectivity index (χ0v) is 18.2. The third-order valence-electron chi connectivity index (χ3n) is 5.76. The molecule has 0 radical (unpaired) electrons. The van der Waals surface area contributed by atoms with E-state index in [0.29, 0.717) is 11.7 Å². The predicted octanol–water partition coefficient (Wildman–Crippen LogP) is 4.95. The van der Waals surface area contributed by atoms with Crippen molar-refractivity contribution in [2.75, 3.05) is 0 Å². The minimum atomic E-state index is -1.14. The van der Waals surface area contributed by atoms with Crippen molar-refractivity contribution in [2.45, 2.75) is 71.6 Å². The fourth-order valence-electron chi connectivity index (χ4n) is 4.08. The summed E-state index contributed by atoms with van der Waals surface area (Å²) in [7, 11) is 0. The summed E-state index contributed by atoms with van der Waals surface area (Å²) >= 11 is 0. The van der Waals surface area contributed by atoms with Crippen molar-refractivity contribution in [3.63, 3.8) is 0 Å². The first kappa shape index (κ1) is 22.7. The lowest BCUT2D eigenvalue weighted by molar-refractivity contribution is -0.257. The number of hydrogen-bond acceptors (Lipinski definition) is 4. The van der Waals surface area contributed by atoms with Crippen molar-refractivity contribution < 1.29 is 24.1 Å². The quantitative estimate of drug-likeness (QED) is 0.670. The third kappa shape index (κ3) is 5.20. The molecule has 0 saturated carbocycles. The zero-order valence-electron chi connectivity index (χ0n) is 18.2. The number of rotatable bonds is 7. The van der Waals surface area contributed by atoms with Gasteiger partial charge in [0.05, 0.1) is 12.2 Å². The Hall–Kier alpha value is -1.95. The van der Waals surface area contributed by atoms with Gasteiger partial charge < -0.3 is 19.7 Å². The molecule has 5 atom stereocenters. The van der Waals surface area contributed by atoms with E-state index in [1.54, 1.807) is 6.07 Å². The molecule has 1 heterocycles. The minimum absolute atomic E-state index is 0.183. The molecule has 4 nitrogen and oxygen atoms in total. The van der Waals surface area contributed by atoms with Gasteiger partial charge in [-0.2, -0.15) is 0 Å². The summed E-state index contributed by atoms with van der Waals surface area (Å²) < 4.78 is 25.9. The zero-order chi connectivity index (χ0) is 21.8. The van der Waals surface area contributed by atoms with Crippen LogP contribution in [0.4, 0.5) is 4.39 Å². The second kappa shape index (κ2) is 9.90. The van der Waals surface area contributed by atoms with Crippen LogP contribution >= 0.6 is 0 Å². The molecule has 5 heteroatoms. The molecule has 1 saturated heterocycles. The van der Waals surface area contributed by atoms with E-state index < -0.39 is 18.5 Å². The highest BCUT2D eigenvalue weighted by Gasteiger charge is 2.43. The van der Waals surface area contributed by atoms with Gasteiger partial charge >= 0.3 is 0 Å². The molecule has 2 N–H and O–H groups in total. The topological polar surface area (TPSA) is 58.9 Å². The first-order chi connectivity index (χ1) is 14.3. The Kier molecular flexibility index (Phi) is 7.50. The largest absolute Gasteiger partial charge is 0.462 e. The molecule has 0 aromatic heterocycles. The van der Waals surface area contributed by atoms with Gasteiger partial charge in [0.2, 0.25) is 6.29 Å². The first-order valence-electron chi connectivity index (χ1n) is 10.9. The Morgan fingerprint density at radius 2 is 1.87 bits per heavy atom. The van der Waals surface area contributed by atoms with Crippen LogP contribution in [-0.4, -0.2) is 34.8 Å². The Morgan fingerprint density at radius 3 is 2.53 bits per heavy atom. The molecule has 0 unspecified atom stereocenters. The number of aryl methyl sites for hydroxylation is 1. The van der Waals surface area contributed by atoms with Crippen LogP contribution in [0, 0.1) is 17.7 Å². The standard InChI is InChI=1S/C25H33FO4/c1-5-7-17-10-11-20(14-21(17)18-8-6-9-19(26)13-18)29-25-24(28)23(27)16(4)22(30-25)12-15(2)3/h6,8-11,13-16,22-25,27-28H,5,7,12H2,1-4H3/t16-,22+,23+,24+,25+/m0/s1. The van der Waals surface area contributed by atoms with Crippen molar-refractivity contribution in [2.24, 2.45) is 11.8 Å². The minimum Gasteiger partial charge on any atom is -0.462 e. The maximum Gasteiger partial charge on any atom is 0.228 e. The molecule has 1 fully saturated rings. The van der Waals surface area contributed by atoms with Crippen LogP contribution < -0.4 is 4.74 Å². The molecule has 0 aliphatic carbocycles. The lowest BCUT2D eigenvalue weighted by Crippen LogP contribution is -2.55. The van der Waals surface area contributed by atoms with Crippen LogP contribution in [0.25, 0.3) is 11.1 Å². The van der Waals surface area contributed by atoms with Crippen molar-refractivity contribution in [3.05, 3.63) is 53.8 Å². The van der Waals surface area contributed by atoms with E-state index >= 15 is 0 Å². The number of ether oxygens (including phenoxy) is 2. The van der Waals surface area contributed by atoms with E-state index in [1.165, 1.54) is 12.1 Å². The number of benzene rings is 2. The van der Waals surface area contributed by atoms with E-state index in [4.69, 9.17) is 9.47 Å². The smallest absolute Gasteiger partial charge is 0.228 e. The normalized spacial score (nSPS) is 26.7. The molecule has 3 rings (SSSR count). The number of hydrogen-bond donors (Lipinski definition) is 2. The lowest BCUT2D eigenvalue weighted by Gasteiger charge is -2.42. The fourth-order valence-corrected chi connectivity index (χ4v) is 4.08. The molecule has 2 aromatic rings. The Bertz CT molecular complexity index is 838. The molecule has 1 aliphatic rings. The van der Waals surface area contributed by atoms with E-state index in [0.717, 1.165) is 36.0 Å². The summed E-state index contributed by atoms with van der Waals surface area (Å²) in [6, 6.07) is 12.2. The van der Waals surface area contributed by atoms with E-state index in [2.05, 4.69) is 20.8 Å². The van der Waals surface area contributed by atoms with Crippen LogP contribution in [-0.2, 0) is 11.2 Å². The lowest BCUT2D eigenvalue weighted by atomic mass is 9.86. The van der Waals surface area contributed by atoms with Gasteiger partial charge in [0.25, 0.3) is 0 Å². The number of aliphatic hydroxyl groups is 2. The van der Waals surface area contributed by atoms with E-state index in [-0.39, 0.29) is 17.8 Å². The Balaban J connectivity index is 1.87. The number of aliphatic hydroxyl groups excluding tert-OH is 2. The van der Waals surface area contributed by atoms with Gasteiger partial charge in [0.1, 0.15) is 17.7 Å². The molecule has 1 aliphatic heterocycles. The highest BCUT2D eigenvalue weighted by Crippen LogP contribution is 2.34. The molecule has 2 aromatic carbocycles. The predicted molar refractivity (Wildman–Crippen MR) is 116 cm³/mol. The average Bonchev–Trinajstić information content (AvgIpc) is 2.71. The summed E-state index contributed by atoms with van der Waals surface area (Å²) in [5.74, 6) is 0.439. The van der Waals surface area contributed by atoms with Crippen LogP contribution in [0.2, 0.25) is 0 Å². The third-order valence-corrected chi connectivity index (χ3v) is 5.76.